The Morgan fingerprint density at radius 2 is 2.56 bits per heavy atom. The van der Waals surface area contributed by atoms with Gasteiger partial charge in [0.2, 0.25) is 0 Å². The van der Waals surface area contributed by atoms with Gasteiger partial charge in [0.15, 0.2) is 0 Å². The number of hydrogen-bond donors (Lipinski definition) is 1. The number of hydrogen-bond acceptors (Lipinski definition) is 1. The average Bonchev–Trinajstić information content (AvgIpc) is 1.61. The molecule has 3 heteroatoms. The zero-order valence-corrected chi connectivity index (χ0v) is 6.40. The zero-order chi connectivity index (χ0) is 6.85. The zero-order valence-electron chi connectivity index (χ0n) is 5.50. The molecule has 0 aliphatic carbocycles. The molecule has 0 saturated carbocycles. The number of likely N-dealkylation sites (tertiary alicyclic amines) is 1. The molecule has 1 fully saturated rings. The first-order chi connectivity index (χ1) is 4.25. The molecule has 0 aromatic heterocycles. The Balaban J connectivity index is 2.35. The van der Waals surface area contributed by atoms with Crippen LogP contribution in [0.2, 0.25) is 0 Å². The van der Waals surface area contributed by atoms with E-state index in [1.165, 1.54) is 0 Å². The molecule has 2 nitrogen and oxygen atoms in total. The molecule has 1 saturated heterocycles. The predicted octanol–water partition coefficient (Wildman–Crippen LogP) is 1.52. The topological polar surface area (TPSA) is 20.3 Å². The minimum Gasteiger partial charge on any atom is -0.331 e. The van der Waals surface area contributed by atoms with Gasteiger partial charge in [-0.1, -0.05) is 19.6 Å². The first kappa shape index (κ1) is 6.93. The standard InChI is InChI=1S/C6H11NOS/c1-2-5-3-4-7(5)6(8)9/h5H,2-4H2,1H3,(H,8,9)/t5-/m0/s1. The minimum absolute atomic E-state index is 0.0758. The Bertz CT molecular complexity index is 124. The van der Waals surface area contributed by atoms with Crippen LogP contribution < -0.4 is 0 Å². The lowest BCUT2D eigenvalue weighted by molar-refractivity contribution is 0.132. The van der Waals surface area contributed by atoms with Crippen LogP contribution in [0.5, 0.6) is 0 Å². The average molecular weight is 145 g/mol. The molecule has 0 radical (unpaired) electrons. The van der Waals surface area contributed by atoms with E-state index in [-0.39, 0.29) is 5.24 Å². The highest BCUT2D eigenvalue weighted by molar-refractivity contribution is 7.96. The van der Waals surface area contributed by atoms with E-state index in [1.807, 2.05) is 0 Å². The van der Waals surface area contributed by atoms with Crippen molar-refractivity contribution in [3.8, 4) is 0 Å². The molecule has 0 spiro atoms. The first-order valence-electron chi connectivity index (χ1n) is 3.25. The Morgan fingerprint density at radius 3 is 2.67 bits per heavy atom. The van der Waals surface area contributed by atoms with Crippen LogP contribution in [0.4, 0.5) is 4.79 Å². The summed E-state index contributed by atoms with van der Waals surface area (Å²) in [6.07, 6.45) is 2.22. The Hall–Kier alpha value is -0.180. The van der Waals surface area contributed by atoms with Gasteiger partial charge in [-0.3, -0.25) is 4.79 Å². The second kappa shape index (κ2) is 2.60. The monoisotopic (exact) mass is 145 g/mol. The van der Waals surface area contributed by atoms with Crippen molar-refractivity contribution in [1.29, 1.82) is 0 Å². The summed E-state index contributed by atoms with van der Waals surface area (Å²) < 4.78 is 0. The molecule has 0 unspecified atom stereocenters. The van der Waals surface area contributed by atoms with Crippen molar-refractivity contribution >= 4 is 17.9 Å². The Kier molecular flexibility index (Phi) is 2.01. The smallest absolute Gasteiger partial charge is 0.278 e. The van der Waals surface area contributed by atoms with Gasteiger partial charge in [-0.2, -0.15) is 0 Å². The summed E-state index contributed by atoms with van der Waals surface area (Å²) in [7, 11) is 0. The normalized spacial score (nSPS) is 25.6. The molecular weight excluding hydrogens is 134 g/mol. The van der Waals surface area contributed by atoms with Gasteiger partial charge in [-0.15, -0.1) is 0 Å². The number of carbonyl (C=O) groups excluding carboxylic acids is 1. The molecule has 1 atom stereocenters. The van der Waals surface area contributed by atoms with Crippen LogP contribution in [0.25, 0.3) is 0 Å². The summed E-state index contributed by atoms with van der Waals surface area (Å²) >= 11 is 3.72. The number of thiol groups is 1. The number of carbonyl (C=O) groups is 1. The van der Waals surface area contributed by atoms with Crippen LogP contribution in [0.1, 0.15) is 19.8 Å². The third kappa shape index (κ3) is 1.21. The van der Waals surface area contributed by atoms with Gasteiger partial charge >= 0.3 is 0 Å². The van der Waals surface area contributed by atoms with E-state index < -0.39 is 0 Å². The van der Waals surface area contributed by atoms with Crippen molar-refractivity contribution in [3.05, 3.63) is 0 Å². The fourth-order valence-corrected chi connectivity index (χ4v) is 1.38. The molecule has 9 heavy (non-hydrogen) atoms. The van der Waals surface area contributed by atoms with Gasteiger partial charge in [0.05, 0.1) is 0 Å². The largest absolute Gasteiger partial charge is 0.331 e. The molecule has 1 aliphatic rings. The number of rotatable bonds is 1. The van der Waals surface area contributed by atoms with E-state index in [9.17, 15) is 4.79 Å². The second-order valence-corrected chi connectivity index (χ2v) is 2.71. The quantitative estimate of drug-likeness (QED) is 0.555. The van der Waals surface area contributed by atoms with Gasteiger partial charge < -0.3 is 4.90 Å². The van der Waals surface area contributed by atoms with Crippen LogP contribution in [0.3, 0.4) is 0 Å². The van der Waals surface area contributed by atoms with Crippen molar-refractivity contribution in [2.75, 3.05) is 6.54 Å². The van der Waals surface area contributed by atoms with Gasteiger partial charge in [-0.25, -0.2) is 0 Å². The maximum absolute atomic E-state index is 10.6. The Morgan fingerprint density at radius 1 is 1.89 bits per heavy atom. The summed E-state index contributed by atoms with van der Waals surface area (Å²) in [6, 6.07) is 0.481. The van der Waals surface area contributed by atoms with Crippen molar-refractivity contribution in [2.24, 2.45) is 0 Å². The molecule has 0 bridgehead atoms. The lowest BCUT2D eigenvalue weighted by atomic mass is 10.0. The minimum atomic E-state index is -0.0758. The van der Waals surface area contributed by atoms with Crippen molar-refractivity contribution in [1.82, 2.24) is 4.90 Å². The van der Waals surface area contributed by atoms with E-state index in [1.54, 1.807) is 4.90 Å². The molecule has 0 N–H and O–H groups in total. The highest BCUT2D eigenvalue weighted by Crippen LogP contribution is 2.21. The first-order valence-corrected chi connectivity index (χ1v) is 3.70. The lowest BCUT2D eigenvalue weighted by Crippen LogP contribution is -2.48. The molecule has 0 aromatic carbocycles. The van der Waals surface area contributed by atoms with E-state index in [0.717, 1.165) is 19.4 Å². The second-order valence-electron chi connectivity index (χ2n) is 2.33. The van der Waals surface area contributed by atoms with Gasteiger partial charge in [0.25, 0.3) is 5.24 Å². The van der Waals surface area contributed by atoms with Crippen molar-refractivity contribution < 1.29 is 4.79 Å². The van der Waals surface area contributed by atoms with E-state index in [2.05, 4.69) is 19.6 Å². The Labute approximate surface area is 60.6 Å². The fourth-order valence-electron chi connectivity index (χ4n) is 1.12. The molecule has 1 aliphatic heterocycles. The molecule has 52 valence electrons. The molecule has 0 aromatic rings. The van der Waals surface area contributed by atoms with Crippen molar-refractivity contribution in [3.63, 3.8) is 0 Å². The highest BCUT2D eigenvalue weighted by Gasteiger charge is 2.28. The van der Waals surface area contributed by atoms with E-state index >= 15 is 0 Å². The van der Waals surface area contributed by atoms with Gasteiger partial charge in [0.1, 0.15) is 0 Å². The maximum atomic E-state index is 10.6. The fraction of sp³-hybridized carbons (Fsp3) is 0.833. The number of amides is 1. The van der Waals surface area contributed by atoms with Gasteiger partial charge in [-0.05, 0) is 12.8 Å². The third-order valence-electron chi connectivity index (χ3n) is 1.86. The molecule has 1 amide bonds. The molecule has 1 heterocycles. The summed E-state index contributed by atoms with van der Waals surface area (Å²) in [5, 5.41) is -0.0758. The van der Waals surface area contributed by atoms with Crippen molar-refractivity contribution in [2.45, 2.75) is 25.8 Å². The highest BCUT2D eigenvalue weighted by atomic mass is 32.1. The molecule has 1 rings (SSSR count). The summed E-state index contributed by atoms with van der Waals surface area (Å²) in [6.45, 7) is 2.99. The van der Waals surface area contributed by atoms with Crippen LogP contribution in [-0.2, 0) is 0 Å². The summed E-state index contributed by atoms with van der Waals surface area (Å²) in [4.78, 5) is 12.4. The van der Waals surface area contributed by atoms with Crippen LogP contribution >= 0.6 is 12.6 Å². The maximum Gasteiger partial charge on any atom is 0.278 e. The van der Waals surface area contributed by atoms with Crippen LogP contribution in [-0.4, -0.2) is 22.7 Å². The lowest BCUT2D eigenvalue weighted by Gasteiger charge is -2.39. The van der Waals surface area contributed by atoms with E-state index in [4.69, 9.17) is 0 Å². The van der Waals surface area contributed by atoms with Crippen LogP contribution in [0, 0.1) is 0 Å². The third-order valence-corrected chi connectivity index (χ3v) is 2.12. The predicted molar refractivity (Wildman–Crippen MR) is 39.8 cm³/mol. The number of nitrogens with zero attached hydrogens (tertiary/aromatic N) is 1. The summed E-state index contributed by atoms with van der Waals surface area (Å²) in [5.74, 6) is 0. The van der Waals surface area contributed by atoms with Gasteiger partial charge in [0, 0.05) is 12.6 Å². The SMILES string of the molecule is CC[C@H]1CCN1C(=O)S. The van der Waals surface area contributed by atoms with E-state index in [0.29, 0.717) is 6.04 Å². The molecular formula is C6H11NOS. The van der Waals surface area contributed by atoms with Crippen LogP contribution in [0.15, 0.2) is 0 Å². The summed E-state index contributed by atoms with van der Waals surface area (Å²) in [5.41, 5.74) is 0.